The van der Waals surface area contributed by atoms with Crippen LogP contribution in [0.3, 0.4) is 0 Å². The highest BCUT2D eigenvalue weighted by Crippen LogP contribution is 2.32. The van der Waals surface area contributed by atoms with E-state index >= 15 is 0 Å². The first kappa shape index (κ1) is 15.8. The minimum Gasteiger partial charge on any atom is -0.385 e. The van der Waals surface area contributed by atoms with Crippen LogP contribution in [0.25, 0.3) is 0 Å². The summed E-state index contributed by atoms with van der Waals surface area (Å²) in [7, 11) is 0. The molecule has 4 heteroatoms. The quantitative estimate of drug-likeness (QED) is 0.862. The van der Waals surface area contributed by atoms with Crippen molar-refractivity contribution < 1.29 is 5.11 Å². The first-order valence-corrected chi connectivity index (χ1v) is 6.84. The lowest BCUT2D eigenvalue weighted by Gasteiger charge is -2.38. The number of rotatable bonds is 4. The van der Waals surface area contributed by atoms with Crippen LogP contribution in [0.15, 0.2) is 30.3 Å². The smallest absolute Gasteiger partial charge is 0.0920 e. The van der Waals surface area contributed by atoms with E-state index < -0.39 is 5.60 Å². The highest BCUT2D eigenvalue weighted by molar-refractivity contribution is 6.17. The normalized spacial score (nSPS) is 19.2. The Hall–Kier alpha value is -0.280. The fraction of sp³-hybridized carbons (Fsp3) is 0.571. The molecule has 2 rings (SSSR count). The third-order valence-electron chi connectivity index (χ3n) is 3.60. The van der Waals surface area contributed by atoms with Crippen LogP contribution < -0.4 is 0 Å². The van der Waals surface area contributed by atoms with Crippen molar-refractivity contribution in [2.75, 3.05) is 25.5 Å². The average Bonchev–Trinajstić information content (AvgIpc) is 2.39. The summed E-state index contributed by atoms with van der Waals surface area (Å²) < 4.78 is 0. The molecule has 0 spiro atoms. The molecule has 2 nitrogen and oxygen atoms in total. The lowest BCUT2D eigenvalue weighted by Crippen LogP contribution is -2.42. The van der Waals surface area contributed by atoms with Crippen LogP contribution in [0.4, 0.5) is 0 Å². The Morgan fingerprint density at radius 2 is 1.78 bits per heavy atom. The Bertz CT molecular complexity index is 337. The Labute approximate surface area is 120 Å². The number of hydrogen-bond donors (Lipinski definition) is 1. The molecule has 0 radical (unpaired) electrons. The highest BCUT2D eigenvalue weighted by atomic mass is 35.5. The molecule has 102 valence electrons. The molecule has 1 aromatic carbocycles. The standard InChI is InChI=1S/C14H20ClNO.ClH/c15-9-4-10-16-11-7-14(17,8-12-16)13-5-2-1-3-6-13;/h1-3,5-6,17H,4,7-12H2;1H. The van der Waals surface area contributed by atoms with E-state index in [2.05, 4.69) is 4.90 Å². The molecule has 1 aromatic rings. The van der Waals surface area contributed by atoms with E-state index in [1.807, 2.05) is 30.3 Å². The molecule has 1 N–H and O–H groups in total. The summed E-state index contributed by atoms with van der Waals surface area (Å²) in [6.45, 7) is 2.97. The van der Waals surface area contributed by atoms with Gasteiger partial charge in [-0.05, 0) is 31.4 Å². The van der Waals surface area contributed by atoms with E-state index in [0.717, 1.165) is 50.3 Å². The second-order valence-corrected chi connectivity index (χ2v) is 5.16. The molecule has 0 atom stereocenters. The summed E-state index contributed by atoms with van der Waals surface area (Å²) in [5.41, 5.74) is 0.427. The number of hydrogen-bond acceptors (Lipinski definition) is 2. The van der Waals surface area contributed by atoms with Crippen LogP contribution in [0.2, 0.25) is 0 Å². The molecule has 1 aliphatic rings. The third-order valence-corrected chi connectivity index (χ3v) is 3.87. The third kappa shape index (κ3) is 3.86. The monoisotopic (exact) mass is 289 g/mol. The fourth-order valence-electron chi connectivity index (χ4n) is 2.47. The van der Waals surface area contributed by atoms with Crippen molar-refractivity contribution in [2.45, 2.75) is 24.9 Å². The molecule has 1 aliphatic heterocycles. The number of piperidine rings is 1. The number of halogens is 2. The predicted molar refractivity (Wildman–Crippen MR) is 78.6 cm³/mol. The molecular weight excluding hydrogens is 269 g/mol. The van der Waals surface area contributed by atoms with Gasteiger partial charge in [0.25, 0.3) is 0 Å². The number of nitrogens with zero attached hydrogens (tertiary/aromatic N) is 1. The maximum Gasteiger partial charge on any atom is 0.0920 e. The largest absolute Gasteiger partial charge is 0.385 e. The highest BCUT2D eigenvalue weighted by Gasteiger charge is 2.33. The Morgan fingerprint density at radius 1 is 1.17 bits per heavy atom. The molecule has 1 heterocycles. The van der Waals surface area contributed by atoms with Crippen molar-refractivity contribution in [3.63, 3.8) is 0 Å². The molecule has 0 aliphatic carbocycles. The van der Waals surface area contributed by atoms with Gasteiger partial charge >= 0.3 is 0 Å². The number of likely N-dealkylation sites (tertiary alicyclic amines) is 1. The van der Waals surface area contributed by atoms with Gasteiger partial charge in [0.05, 0.1) is 5.60 Å². The van der Waals surface area contributed by atoms with Gasteiger partial charge < -0.3 is 10.0 Å². The fourth-order valence-corrected chi connectivity index (χ4v) is 2.59. The lowest BCUT2D eigenvalue weighted by atomic mass is 9.84. The van der Waals surface area contributed by atoms with E-state index in [-0.39, 0.29) is 12.4 Å². The second kappa shape index (κ2) is 7.34. The van der Waals surface area contributed by atoms with Crippen molar-refractivity contribution in [1.82, 2.24) is 4.90 Å². The van der Waals surface area contributed by atoms with Crippen LogP contribution in [0.5, 0.6) is 0 Å². The summed E-state index contributed by atoms with van der Waals surface area (Å²) in [4.78, 5) is 2.39. The van der Waals surface area contributed by atoms with Gasteiger partial charge in [0.1, 0.15) is 0 Å². The summed E-state index contributed by atoms with van der Waals surface area (Å²) >= 11 is 5.70. The van der Waals surface area contributed by atoms with E-state index in [1.165, 1.54) is 0 Å². The van der Waals surface area contributed by atoms with Gasteiger partial charge in [-0.3, -0.25) is 0 Å². The Balaban J connectivity index is 0.00000162. The minimum absolute atomic E-state index is 0. The predicted octanol–water partition coefficient (Wildman–Crippen LogP) is 3.02. The molecule has 0 aromatic heterocycles. The molecule has 0 bridgehead atoms. The average molecular weight is 290 g/mol. The van der Waals surface area contributed by atoms with Gasteiger partial charge in [0.15, 0.2) is 0 Å². The van der Waals surface area contributed by atoms with Gasteiger partial charge in [-0.15, -0.1) is 24.0 Å². The zero-order valence-electron chi connectivity index (χ0n) is 10.5. The Kier molecular flexibility index (Phi) is 6.44. The van der Waals surface area contributed by atoms with Crippen LogP contribution >= 0.6 is 24.0 Å². The van der Waals surface area contributed by atoms with Gasteiger partial charge in [-0.25, -0.2) is 0 Å². The SMILES string of the molecule is Cl.OC1(c2ccccc2)CCN(CCCCl)CC1. The number of alkyl halides is 1. The van der Waals surface area contributed by atoms with E-state index in [4.69, 9.17) is 11.6 Å². The van der Waals surface area contributed by atoms with Gasteiger partial charge in [0, 0.05) is 19.0 Å². The summed E-state index contributed by atoms with van der Waals surface area (Å²) in [5, 5.41) is 10.6. The molecule has 1 saturated heterocycles. The van der Waals surface area contributed by atoms with Gasteiger partial charge in [-0.1, -0.05) is 30.3 Å². The maximum absolute atomic E-state index is 10.6. The van der Waals surface area contributed by atoms with Crippen LogP contribution in [-0.2, 0) is 5.60 Å². The van der Waals surface area contributed by atoms with Gasteiger partial charge in [0.2, 0.25) is 0 Å². The van der Waals surface area contributed by atoms with Crippen molar-refractivity contribution >= 4 is 24.0 Å². The van der Waals surface area contributed by atoms with E-state index in [0.29, 0.717) is 0 Å². The zero-order chi connectivity index (χ0) is 12.1. The van der Waals surface area contributed by atoms with E-state index in [1.54, 1.807) is 0 Å². The second-order valence-electron chi connectivity index (χ2n) is 4.78. The maximum atomic E-state index is 10.6. The molecule has 18 heavy (non-hydrogen) atoms. The van der Waals surface area contributed by atoms with Crippen LogP contribution in [-0.4, -0.2) is 35.5 Å². The summed E-state index contributed by atoms with van der Waals surface area (Å²) in [6, 6.07) is 10.0. The van der Waals surface area contributed by atoms with Crippen molar-refractivity contribution in [1.29, 1.82) is 0 Å². The number of benzene rings is 1. The number of aliphatic hydroxyl groups is 1. The van der Waals surface area contributed by atoms with Crippen molar-refractivity contribution in [3.05, 3.63) is 35.9 Å². The first-order chi connectivity index (χ1) is 8.24. The van der Waals surface area contributed by atoms with Crippen LogP contribution in [0, 0.1) is 0 Å². The Morgan fingerprint density at radius 3 is 2.33 bits per heavy atom. The van der Waals surface area contributed by atoms with Gasteiger partial charge in [-0.2, -0.15) is 0 Å². The molecule has 0 unspecified atom stereocenters. The molecule has 0 amide bonds. The lowest BCUT2D eigenvalue weighted by molar-refractivity contribution is -0.0257. The topological polar surface area (TPSA) is 23.5 Å². The van der Waals surface area contributed by atoms with Crippen molar-refractivity contribution in [2.24, 2.45) is 0 Å². The van der Waals surface area contributed by atoms with Crippen molar-refractivity contribution in [3.8, 4) is 0 Å². The molecule has 0 saturated carbocycles. The summed E-state index contributed by atoms with van der Waals surface area (Å²) in [6.07, 6.45) is 2.67. The first-order valence-electron chi connectivity index (χ1n) is 6.31. The molecule has 1 fully saturated rings. The van der Waals surface area contributed by atoms with Crippen LogP contribution in [0.1, 0.15) is 24.8 Å². The molecular formula is C14H21Cl2NO. The van der Waals surface area contributed by atoms with E-state index in [9.17, 15) is 5.11 Å². The zero-order valence-corrected chi connectivity index (χ0v) is 12.1. The minimum atomic E-state index is -0.626. The summed E-state index contributed by atoms with van der Waals surface area (Å²) in [5.74, 6) is 0.722.